The number of rotatable bonds is 3. The summed E-state index contributed by atoms with van der Waals surface area (Å²) in [5.41, 5.74) is 1.69. The van der Waals surface area contributed by atoms with Crippen molar-refractivity contribution in [1.29, 1.82) is 0 Å². The Kier molecular flexibility index (Phi) is 3.06. The Bertz CT molecular complexity index is 679. The van der Waals surface area contributed by atoms with Gasteiger partial charge in [-0.3, -0.25) is 4.57 Å². The summed E-state index contributed by atoms with van der Waals surface area (Å²) in [6.07, 6.45) is 0. The maximum Gasteiger partial charge on any atom is 0.340 e. The Hall–Kier alpha value is -2.30. The lowest BCUT2D eigenvalue weighted by atomic mass is 10.2. The minimum Gasteiger partial charge on any atom is -0.462 e. The molecular weight excluding hydrogens is 232 g/mol. The first-order valence-corrected chi connectivity index (χ1v) is 5.63. The number of aromatic amines is 1. The summed E-state index contributed by atoms with van der Waals surface area (Å²) in [7, 11) is 0. The van der Waals surface area contributed by atoms with Crippen LogP contribution in [0.5, 0.6) is 0 Å². The fraction of sp³-hybridized carbons (Fsp3) is 0.231. The molecule has 0 aliphatic carbocycles. The topological polar surface area (TPSA) is 64.1 Å². The molecule has 2 aromatic rings. The molecular formula is C13H14N2O3. The van der Waals surface area contributed by atoms with Crippen molar-refractivity contribution < 1.29 is 9.53 Å². The highest BCUT2D eigenvalue weighted by molar-refractivity contribution is 6.02. The van der Waals surface area contributed by atoms with Crippen LogP contribution in [0.4, 0.5) is 0 Å². The van der Waals surface area contributed by atoms with E-state index in [1.165, 1.54) is 4.57 Å². The van der Waals surface area contributed by atoms with E-state index < -0.39 is 5.97 Å². The lowest BCUT2D eigenvalue weighted by Crippen LogP contribution is -2.15. The van der Waals surface area contributed by atoms with E-state index in [1.54, 1.807) is 32.0 Å². The summed E-state index contributed by atoms with van der Waals surface area (Å²) in [4.78, 5) is 26.4. The molecule has 5 heteroatoms. The van der Waals surface area contributed by atoms with Crippen LogP contribution < -0.4 is 5.69 Å². The van der Waals surface area contributed by atoms with Crippen molar-refractivity contribution in [2.75, 3.05) is 6.61 Å². The molecule has 0 saturated heterocycles. The van der Waals surface area contributed by atoms with Gasteiger partial charge in [-0.1, -0.05) is 12.6 Å². The summed E-state index contributed by atoms with van der Waals surface area (Å²) in [6, 6.07) is 5.07. The van der Waals surface area contributed by atoms with E-state index in [4.69, 9.17) is 4.74 Å². The number of carbonyl (C=O) groups excluding carboxylic acids is 1. The summed E-state index contributed by atoms with van der Waals surface area (Å²) in [5, 5.41) is 0. The molecule has 0 atom stereocenters. The molecule has 0 amide bonds. The zero-order chi connectivity index (χ0) is 13.3. The Labute approximate surface area is 104 Å². The maximum absolute atomic E-state index is 11.9. The van der Waals surface area contributed by atoms with Crippen molar-refractivity contribution in [3.05, 3.63) is 40.8 Å². The molecule has 1 N–H and O–H groups in total. The number of allylic oxidation sites excluding steroid dienone is 1. The van der Waals surface area contributed by atoms with Crippen molar-refractivity contribution in [1.82, 2.24) is 9.55 Å². The van der Waals surface area contributed by atoms with Crippen molar-refractivity contribution in [3.63, 3.8) is 0 Å². The Balaban J connectivity index is 2.78. The number of hydrogen-bond acceptors (Lipinski definition) is 3. The molecule has 1 aromatic heterocycles. The van der Waals surface area contributed by atoms with Crippen LogP contribution in [0.3, 0.4) is 0 Å². The van der Waals surface area contributed by atoms with Gasteiger partial charge in [-0.15, -0.1) is 0 Å². The molecule has 0 unspecified atom stereocenters. The molecule has 1 heterocycles. The summed E-state index contributed by atoms with van der Waals surface area (Å²) in [5.74, 6) is -0.447. The van der Waals surface area contributed by atoms with Crippen LogP contribution in [0.2, 0.25) is 0 Å². The molecule has 0 spiro atoms. The molecule has 2 rings (SSSR count). The van der Waals surface area contributed by atoms with Crippen molar-refractivity contribution in [2.24, 2.45) is 0 Å². The molecule has 0 radical (unpaired) electrons. The molecule has 0 saturated carbocycles. The van der Waals surface area contributed by atoms with Gasteiger partial charge in [0.05, 0.1) is 23.2 Å². The highest BCUT2D eigenvalue weighted by atomic mass is 16.5. The van der Waals surface area contributed by atoms with E-state index in [-0.39, 0.29) is 12.3 Å². The number of para-hydroxylation sites is 1. The standard InChI is InChI=1S/C13H14N2O3/c1-4-18-12(16)9-6-5-7-10-11(9)15(8(2)3)13(17)14-10/h5-7H,2,4H2,1,3H3,(H,14,17). The Morgan fingerprint density at radius 2 is 2.22 bits per heavy atom. The molecule has 94 valence electrons. The Morgan fingerprint density at radius 1 is 1.50 bits per heavy atom. The van der Waals surface area contributed by atoms with E-state index in [0.717, 1.165) is 0 Å². The number of ether oxygens (including phenoxy) is 1. The SMILES string of the molecule is C=C(C)n1c(=O)[nH]c2cccc(C(=O)OCC)c21. The number of benzene rings is 1. The van der Waals surface area contributed by atoms with Crippen LogP contribution in [-0.2, 0) is 4.74 Å². The summed E-state index contributed by atoms with van der Waals surface area (Å²) in [6.45, 7) is 7.48. The normalized spacial score (nSPS) is 10.6. The van der Waals surface area contributed by atoms with E-state index in [9.17, 15) is 9.59 Å². The Morgan fingerprint density at radius 3 is 2.83 bits per heavy atom. The van der Waals surface area contributed by atoms with Crippen molar-refractivity contribution >= 4 is 22.7 Å². The number of carbonyl (C=O) groups is 1. The average Bonchev–Trinajstić information content (AvgIpc) is 2.64. The quantitative estimate of drug-likeness (QED) is 0.842. The van der Waals surface area contributed by atoms with Gasteiger partial charge in [-0.2, -0.15) is 0 Å². The third kappa shape index (κ3) is 1.84. The molecule has 0 fully saturated rings. The number of fused-ring (bicyclic) bond motifs is 1. The van der Waals surface area contributed by atoms with Gasteiger partial charge in [0.15, 0.2) is 0 Å². The van der Waals surface area contributed by atoms with Gasteiger partial charge in [-0.25, -0.2) is 9.59 Å². The van der Waals surface area contributed by atoms with E-state index in [0.29, 0.717) is 22.3 Å². The third-order valence-corrected chi connectivity index (χ3v) is 2.58. The van der Waals surface area contributed by atoms with Crippen molar-refractivity contribution in [2.45, 2.75) is 13.8 Å². The van der Waals surface area contributed by atoms with Gasteiger partial charge < -0.3 is 9.72 Å². The van der Waals surface area contributed by atoms with E-state index in [1.807, 2.05) is 0 Å². The summed E-state index contributed by atoms with van der Waals surface area (Å²) < 4.78 is 6.36. The van der Waals surface area contributed by atoms with Crippen LogP contribution in [0.1, 0.15) is 24.2 Å². The monoisotopic (exact) mass is 246 g/mol. The molecule has 0 aliphatic heterocycles. The average molecular weight is 246 g/mol. The minimum absolute atomic E-state index is 0.289. The lowest BCUT2D eigenvalue weighted by molar-refractivity contribution is 0.0528. The number of aromatic nitrogens is 2. The first-order valence-electron chi connectivity index (χ1n) is 5.63. The largest absolute Gasteiger partial charge is 0.462 e. The second kappa shape index (κ2) is 4.52. The molecule has 1 aromatic carbocycles. The van der Waals surface area contributed by atoms with Crippen LogP contribution in [0.25, 0.3) is 16.7 Å². The first-order chi connectivity index (χ1) is 8.56. The number of esters is 1. The molecule has 0 bridgehead atoms. The lowest BCUT2D eigenvalue weighted by Gasteiger charge is -2.06. The van der Waals surface area contributed by atoms with Crippen LogP contribution >= 0.6 is 0 Å². The second-order valence-electron chi connectivity index (χ2n) is 3.92. The van der Waals surface area contributed by atoms with Gasteiger partial charge >= 0.3 is 11.7 Å². The third-order valence-electron chi connectivity index (χ3n) is 2.58. The van der Waals surface area contributed by atoms with E-state index >= 15 is 0 Å². The van der Waals surface area contributed by atoms with Gasteiger partial charge in [0.25, 0.3) is 0 Å². The number of nitrogens with zero attached hydrogens (tertiary/aromatic N) is 1. The fourth-order valence-electron chi connectivity index (χ4n) is 1.90. The molecule has 18 heavy (non-hydrogen) atoms. The predicted octanol–water partition coefficient (Wildman–Crippen LogP) is 2.00. The van der Waals surface area contributed by atoms with Crippen molar-refractivity contribution in [3.8, 4) is 0 Å². The minimum atomic E-state index is -0.447. The fourth-order valence-corrected chi connectivity index (χ4v) is 1.90. The first kappa shape index (κ1) is 12.2. The second-order valence-corrected chi connectivity index (χ2v) is 3.92. The molecule has 0 aliphatic rings. The van der Waals surface area contributed by atoms with Gasteiger partial charge in [0.2, 0.25) is 0 Å². The van der Waals surface area contributed by atoms with Crippen LogP contribution in [-0.4, -0.2) is 22.1 Å². The highest BCUT2D eigenvalue weighted by Crippen LogP contribution is 2.19. The van der Waals surface area contributed by atoms with E-state index in [2.05, 4.69) is 11.6 Å². The predicted molar refractivity (Wildman–Crippen MR) is 69.5 cm³/mol. The van der Waals surface area contributed by atoms with Gasteiger partial charge in [-0.05, 0) is 26.0 Å². The maximum atomic E-state index is 11.9. The van der Waals surface area contributed by atoms with Crippen LogP contribution in [0.15, 0.2) is 29.6 Å². The number of hydrogen-bond donors (Lipinski definition) is 1. The van der Waals surface area contributed by atoms with Gasteiger partial charge in [0.1, 0.15) is 0 Å². The van der Waals surface area contributed by atoms with Crippen LogP contribution in [0, 0.1) is 0 Å². The highest BCUT2D eigenvalue weighted by Gasteiger charge is 2.17. The summed E-state index contributed by atoms with van der Waals surface area (Å²) >= 11 is 0. The zero-order valence-electron chi connectivity index (χ0n) is 10.3. The zero-order valence-corrected chi connectivity index (χ0v) is 10.3. The number of H-pyrrole nitrogens is 1. The number of nitrogens with one attached hydrogen (secondary N) is 1. The van der Waals surface area contributed by atoms with Gasteiger partial charge in [0, 0.05) is 5.70 Å². The number of imidazole rings is 1. The smallest absolute Gasteiger partial charge is 0.340 e. The molecule has 5 nitrogen and oxygen atoms in total.